The molecule has 0 bridgehead atoms. The van der Waals surface area contributed by atoms with E-state index in [2.05, 4.69) is 5.32 Å². The van der Waals surface area contributed by atoms with Gasteiger partial charge < -0.3 is 14.8 Å². The highest BCUT2D eigenvalue weighted by Crippen LogP contribution is 2.31. The number of methoxy groups -OCH3 is 2. The Morgan fingerprint density at radius 1 is 1.06 bits per heavy atom. The molecule has 0 saturated carbocycles. The van der Waals surface area contributed by atoms with E-state index >= 15 is 0 Å². The number of hydrogen-bond acceptors (Lipinski definition) is 6. The minimum absolute atomic E-state index is 0.0732. The number of rotatable bonds is 8. The molecule has 0 aromatic heterocycles. The van der Waals surface area contributed by atoms with E-state index in [9.17, 15) is 9.59 Å². The molecular formula is C27H26ClN3O4S. The van der Waals surface area contributed by atoms with Crippen molar-refractivity contribution < 1.29 is 19.1 Å². The molecule has 36 heavy (non-hydrogen) atoms. The van der Waals surface area contributed by atoms with Gasteiger partial charge in [-0.2, -0.15) is 0 Å². The van der Waals surface area contributed by atoms with Crippen LogP contribution in [0.1, 0.15) is 12.0 Å². The maximum atomic E-state index is 13.2. The van der Waals surface area contributed by atoms with Gasteiger partial charge in [-0.05, 0) is 60.5 Å². The van der Waals surface area contributed by atoms with Crippen molar-refractivity contribution in [3.63, 3.8) is 0 Å². The molecular weight excluding hydrogens is 498 g/mol. The Balaban J connectivity index is 1.53. The van der Waals surface area contributed by atoms with Crippen molar-refractivity contribution in [2.24, 2.45) is 4.99 Å². The maximum Gasteiger partial charge on any atom is 0.238 e. The second kappa shape index (κ2) is 12.0. The normalized spacial score (nSPS) is 16.6. The summed E-state index contributed by atoms with van der Waals surface area (Å²) in [7, 11) is 3.18. The summed E-state index contributed by atoms with van der Waals surface area (Å²) >= 11 is 7.23. The summed E-state index contributed by atoms with van der Waals surface area (Å²) in [5.74, 6) is 0.870. The summed E-state index contributed by atoms with van der Waals surface area (Å²) in [5, 5.41) is 3.34. The van der Waals surface area contributed by atoms with Crippen molar-refractivity contribution in [2.75, 3.05) is 26.1 Å². The number of ether oxygens (including phenoxy) is 2. The number of nitrogens with zero attached hydrogens (tertiary/aromatic N) is 2. The van der Waals surface area contributed by atoms with Crippen molar-refractivity contribution in [2.45, 2.75) is 18.1 Å². The molecule has 4 rings (SSSR count). The number of para-hydroxylation sites is 1. The van der Waals surface area contributed by atoms with E-state index in [-0.39, 0.29) is 18.2 Å². The number of anilines is 1. The van der Waals surface area contributed by atoms with Crippen LogP contribution >= 0.6 is 23.4 Å². The molecule has 3 aromatic carbocycles. The third kappa shape index (κ3) is 6.38. The van der Waals surface area contributed by atoms with Crippen LogP contribution in [0, 0.1) is 0 Å². The molecule has 1 saturated heterocycles. The van der Waals surface area contributed by atoms with Gasteiger partial charge in [0.2, 0.25) is 11.8 Å². The third-order valence-electron chi connectivity index (χ3n) is 5.60. The molecule has 1 atom stereocenters. The lowest BCUT2D eigenvalue weighted by Crippen LogP contribution is -2.46. The first-order chi connectivity index (χ1) is 17.5. The van der Waals surface area contributed by atoms with Crippen LogP contribution in [-0.2, 0) is 16.0 Å². The predicted molar refractivity (Wildman–Crippen MR) is 145 cm³/mol. The first-order valence-corrected chi connectivity index (χ1v) is 12.6. The molecule has 1 fully saturated rings. The summed E-state index contributed by atoms with van der Waals surface area (Å²) in [4.78, 5) is 32.6. The zero-order valence-corrected chi connectivity index (χ0v) is 21.5. The number of nitrogens with one attached hydrogen (secondary N) is 1. The van der Waals surface area contributed by atoms with E-state index in [0.29, 0.717) is 46.0 Å². The number of halogens is 1. The van der Waals surface area contributed by atoms with Crippen molar-refractivity contribution in [3.05, 3.63) is 83.4 Å². The highest BCUT2D eigenvalue weighted by atomic mass is 35.5. The smallest absolute Gasteiger partial charge is 0.238 e. The SMILES string of the molecule is COc1ccc(CCN2C(=O)CC(C(=O)Nc3ccc(Cl)cc3)SC2=Nc2ccccc2)cc1OC. The Kier molecular flexibility index (Phi) is 8.51. The van der Waals surface area contributed by atoms with Gasteiger partial charge in [0.1, 0.15) is 5.25 Å². The quantitative estimate of drug-likeness (QED) is 0.418. The summed E-state index contributed by atoms with van der Waals surface area (Å²) in [6, 6.07) is 21.9. The standard InChI is InChI=1S/C27H26ClN3O4S/c1-34-22-13-8-18(16-23(22)35-2)14-15-31-25(32)17-24(26(33)29-21-11-9-19(28)10-12-21)36-27(31)30-20-6-4-3-5-7-20/h3-13,16,24H,14-15,17H2,1-2H3,(H,29,33). The molecule has 186 valence electrons. The summed E-state index contributed by atoms with van der Waals surface area (Å²) in [5.41, 5.74) is 2.32. The van der Waals surface area contributed by atoms with Gasteiger partial charge in [0.15, 0.2) is 16.7 Å². The lowest BCUT2D eigenvalue weighted by Gasteiger charge is -2.32. The molecule has 0 spiro atoms. The van der Waals surface area contributed by atoms with Gasteiger partial charge in [-0.25, -0.2) is 4.99 Å². The molecule has 2 amide bonds. The Morgan fingerprint density at radius 2 is 1.78 bits per heavy atom. The van der Waals surface area contributed by atoms with Gasteiger partial charge in [0.25, 0.3) is 0 Å². The molecule has 1 heterocycles. The number of thioether (sulfide) groups is 1. The van der Waals surface area contributed by atoms with Crippen molar-refractivity contribution in [1.29, 1.82) is 0 Å². The second-order valence-corrected chi connectivity index (χ2v) is 9.63. The van der Waals surface area contributed by atoms with Crippen LogP contribution in [0.15, 0.2) is 77.8 Å². The average molecular weight is 524 g/mol. The number of aliphatic imine (C=N–C) groups is 1. The highest BCUT2D eigenvalue weighted by molar-refractivity contribution is 8.15. The molecule has 1 N–H and O–H groups in total. The Bertz CT molecular complexity index is 1250. The number of hydrogen-bond donors (Lipinski definition) is 1. The molecule has 1 aliphatic heterocycles. The zero-order valence-electron chi connectivity index (χ0n) is 19.9. The zero-order chi connectivity index (χ0) is 25.5. The molecule has 1 aliphatic rings. The average Bonchev–Trinajstić information content (AvgIpc) is 2.89. The molecule has 0 aliphatic carbocycles. The fraction of sp³-hybridized carbons (Fsp3) is 0.222. The van der Waals surface area contributed by atoms with Gasteiger partial charge in [-0.15, -0.1) is 0 Å². The molecule has 1 unspecified atom stereocenters. The van der Waals surface area contributed by atoms with Crippen molar-refractivity contribution >= 4 is 51.7 Å². The van der Waals surface area contributed by atoms with E-state index in [1.54, 1.807) is 43.4 Å². The van der Waals surface area contributed by atoms with Crippen LogP contribution in [0.3, 0.4) is 0 Å². The molecule has 3 aromatic rings. The Labute approximate surface area is 219 Å². The lowest BCUT2D eigenvalue weighted by molar-refractivity contribution is -0.129. The fourth-order valence-electron chi connectivity index (χ4n) is 3.71. The van der Waals surface area contributed by atoms with Crippen LogP contribution in [0.2, 0.25) is 5.02 Å². The van der Waals surface area contributed by atoms with E-state index in [0.717, 1.165) is 5.56 Å². The van der Waals surface area contributed by atoms with Crippen LogP contribution < -0.4 is 14.8 Å². The number of amidine groups is 1. The number of benzene rings is 3. The number of carbonyl (C=O) groups is 2. The maximum absolute atomic E-state index is 13.2. The van der Waals surface area contributed by atoms with Crippen LogP contribution in [0.25, 0.3) is 0 Å². The van der Waals surface area contributed by atoms with Crippen molar-refractivity contribution in [3.8, 4) is 11.5 Å². The van der Waals surface area contributed by atoms with Gasteiger partial charge in [-0.3, -0.25) is 14.5 Å². The van der Waals surface area contributed by atoms with E-state index in [1.165, 1.54) is 11.8 Å². The lowest BCUT2D eigenvalue weighted by atomic mass is 10.1. The highest BCUT2D eigenvalue weighted by Gasteiger charge is 2.35. The largest absolute Gasteiger partial charge is 0.493 e. The first-order valence-electron chi connectivity index (χ1n) is 11.3. The monoisotopic (exact) mass is 523 g/mol. The summed E-state index contributed by atoms with van der Waals surface area (Å²) in [6.45, 7) is 0.415. The Morgan fingerprint density at radius 3 is 2.47 bits per heavy atom. The minimum Gasteiger partial charge on any atom is -0.493 e. The molecule has 0 radical (unpaired) electrons. The number of carbonyl (C=O) groups excluding carboxylic acids is 2. The van der Waals surface area contributed by atoms with E-state index < -0.39 is 5.25 Å². The van der Waals surface area contributed by atoms with Crippen LogP contribution in [-0.4, -0.2) is 47.9 Å². The molecule has 9 heteroatoms. The van der Waals surface area contributed by atoms with Gasteiger partial charge in [0.05, 0.1) is 19.9 Å². The van der Waals surface area contributed by atoms with Gasteiger partial charge in [-0.1, -0.05) is 47.6 Å². The summed E-state index contributed by atoms with van der Waals surface area (Å²) in [6.07, 6.45) is 0.659. The van der Waals surface area contributed by atoms with Gasteiger partial charge >= 0.3 is 0 Å². The summed E-state index contributed by atoms with van der Waals surface area (Å²) < 4.78 is 10.7. The topological polar surface area (TPSA) is 80.2 Å². The van der Waals surface area contributed by atoms with Crippen LogP contribution in [0.4, 0.5) is 11.4 Å². The minimum atomic E-state index is -0.604. The van der Waals surface area contributed by atoms with E-state index in [4.69, 9.17) is 26.1 Å². The third-order valence-corrected chi connectivity index (χ3v) is 7.04. The van der Waals surface area contributed by atoms with Crippen LogP contribution in [0.5, 0.6) is 11.5 Å². The molecule has 7 nitrogen and oxygen atoms in total. The van der Waals surface area contributed by atoms with Crippen molar-refractivity contribution in [1.82, 2.24) is 4.90 Å². The number of amides is 2. The predicted octanol–water partition coefficient (Wildman–Crippen LogP) is 5.56. The fourth-order valence-corrected chi connectivity index (χ4v) is 4.96. The van der Waals surface area contributed by atoms with E-state index in [1.807, 2.05) is 48.5 Å². The first kappa shape index (κ1) is 25.6. The Hall–Kier alpha value is -3.49. The second-order valence-electron chi connectivity index (χ2n) is 8.02. The van der Waals surface area contributed by atoms with Gasteiger partial charge in [0, 0.05) is 23.7 Å².